The van der Waals surface area contributed by atoms with Crippen LogP contribution >= 0.6 is 0 Å². The summed E-state index contributed by atoms with van der Waals surface area (Å²) in [5.74, 6) is -0.205. The van der Waals surface area contributed by atoms with Crippen molar-refractivity contribution < 1.29 is 14.6 Å². The van der Waals surface area contributed by atoms with Crippen LogP contribution in [-0.4, -0.2) is 47.2 Å². The van der Waals surface area contributed by atoms with Crippen LogP contribution in [0.4, 0.5) is 0 Å². The van der Waals surface area contributed by atoms with E-state index in [1.165, 1.54) is 4.68 Å². The van der Waals surface area contributed by atoms with Crippen molar-refractivity contribution in [3.8, 4) is 0 Å². The minimum Gasteiger partial charge on any atom is -0.396 e. The Hall–Kier alpha value is -1.40. The van der Waals surface area contributed by atoms with Gasteiger partial charge in [-0.25, -0.2) is 0 Å². The van der Waals surface area contributed by atoms with E-state index in [1.54, 1.807) is 20.2 Å². The summed E-state index contributed by atoms with van der Waals surface area (Å²) in [5.41, 5.74) is 1.30. The molecule has 0 aliphatic carbocycles. The summed E-state index contributed by atoms with van der Waals surface area (Å²) in [6.07, 6.45) is 0.469. The number of carbonyl (C=O) groups excluding carboxylic acids is 1. The molecule has 0 radical (unpaired) electrons. The Balaban J connectivity index is 2.66. The van der Waals surface area contributed by atoms with Gasteiger partial charge in [0.2, 0.25) is 0 Å². The van der Waals surface area contributed by atoms with Gasteiger partial charge in [-0.2, -0.15) is 5.10 Å². The van der Waals surface area contributed by atoms with E-state index in [0.717, 1.165) is 5.69 Å². The fourth-order valence-corrected chi connectivity index (χ4v) is 1.64. The smallest absolute Gasteiger partial charge is 0.269 e. The summed E-state index contributed by atoms with van der Waals surface area (Å²) in [7, 11) is 3.28. The number of aliphatic hydroxyl groups is 1. The number of nitrogens with zero attached hydrogens (tertiary/aromatic N) is 2. The Morgan fingerprint density at radius 1 is 1.71 bits per heavy atom. The van der Waals surface area contributed by atoms with Crippen molar-refractivity contribution in [3.05, 3.63) is 17.5 Å². The average molecular weight is 241 g/mol. The van der Waals surface area contributed by atoms with Crippen molar-refractivity contribution in [1.82, 2.24) is 15.1 Å². The molecule has 17 heavy (non-hydrogen) atoms. The normalized spacial score (nSPS) is 12.5. The lowest BCUT2D eigenvalue weighted by molar-refractivity contribution is 0.0869. The van der Waals surface area contributed by atoms with E-state index >= 15 is 0 Å². The maximum absolute atomic E-state index is 11.9. The highest BCUT2D eigenvalue weighted by molar-refractivity contribution is 5.92. The van der Waals surface area contributed by atoms with E-state index in [-0.39, 0.29) is 18.6 Å². The number of hydrogen-bond donors (Lipinski definition) is 2. The summed E-state index contributed by atoms with van der Waals surface area (Å²) >= 11 is 0. The van der Waals surface area contributed by atoms with Gasteiger partial charge >= 0.3 is 0 Å². The maximum atomic E-state index is 11.9. The van der Waals surface area contributed by atoms with Gasteiger partial charge in [-0.15, -0.1) is 0 Å². The summed E-state index contributed by atoms with van der Waals surface area (Å²) in [6.45, 7) is 2.22. The molecule has 96 valence electrons. The average Bonchev–Trinajstić information content (AvgIpc) is 2.58. The first kappa shape index (κ1) is 13.7. The SMILES string of the molecule is COCC(CCO)NC(=O)c1cc(C)nn1C. The number of rotatable bonds is 6. The number of carbonyl (C=O) groups is 1. The van der Waals surface area contributed by atoms with Gasteiger partial charge in [0.1, 0.15) is 5.69 Å². The monoisotopic (exact) mass is 241 g/mol. The third-order valence-electron chi connectivity index (χ3n) is 2.42. The molecule has 0 saturated heterocycles. The van der Waals surface area contributed by atoms with E-state index in [4.69, 9.17) is 9.84 Å². The molecule has 2 N–H and O–H groups in total. The number of hydrogen-bond acceptors (Lipinski definition) is 4. The topological polar surface area (TPSA) is 76.4 Å². The van der Waals surface area contributed by atoms with Crippen molar-refractivity contribution >= 4 is 5.91 Å². The van der Waals surface area contributed by atoms with Crippen molar-refractivity contribution in [1.29, 1.82) is 0 Å². The molecule has 0 spiro atoms. The highest BCUT2D eigenvalue weighted by Gasteiger charge is 2.16. The number of methoxy groups -OCH3 is 1. The Morgan fingerprint density at radius 3 is 2.88 bits per heavy atom. The molecule has 0 aromatic carbocycles. The lowest BCUT2D eigenvalue weighted by Gasteiger charge is -2.16. The minimum absolute atomic E-state index is 0.0126. The number of aliphatic hydroxyl groups excluding tert-OH is 1. The van der Waals surface area contributed by atoms with Gasteiger partial charge in [0, 0.05) is 20.8 Å². The predicted molar refractivity (Wildman–Crippen MR) is 62.8 cm³/mol. The van der Waals surface area contributed by atoms with Crippen LogP contribution in [0, 0.1) is 6.92 Å². The second-order valence-electron chi connectivity index (χ2n) is 3.93. The molecule has 1 aromatic rings. The highest BCUT2D eigenvalue weighted by Crippen LogP contribution is 2.03. The van der Waals surface area contributed by atoms with Crippen LogP contribution in [0.25, 0.3) is 0 Å². The molecule has 1 amide bonds. The fourth-order valence-electron chi connectivity index (χ4n) is 1.64. The highest BCUT2D eigenvalue weighted by atomic mass is 16.5. The van der Waals surface area contributed by atoms with E-state index < -0.39 is 0 Å². The first-order valence-electron chi connectivity index (χ1n) is 5.49. The molecule has 1 aromatic heterocycles. The van der Waals surface area contributed by atoms with Crippen LogP contribution in [-0.2, 0) is 11.8 Å². The number of amides is 1. The second-order valence-corrected chi connectivity index (χ2v) is 3.93. The lowest BCUT2D eigenvalue weighted by Crippen LogP contribution is -2.39. The number of nitrogens with one attached hydrogen (secondary N) is 1. The Labute approximate surface area is 101 Å². The summed E-state index contributed by atoms with van der Waals surface area (Å²) in [5, 5.41) is 15.8. The van der Waals surface area contributed by atoms with Gasteiger partial charge in [-0.05, 0) is 19.4 Å². The second kappa shape index (κ2) is 6.36. The van der Waals surface area contributed by atoms with Crippen molar-refractivity contribution in [2.75, 3.05) is 20.3 Å². The lowest BCUT2D eigenvalue weighted by atomic mass is 10.2. The third-order valence-corrected chi connectivity index (χ3v) is 2.42. The fraction of sp³-hybridized carbons (Fsp3) is 0.636. The van der Waals surface area contributed by atoms with Gasteiger partial charge in [-0.1, -0.05) is 0 Å². The Morgan fingerprint density at radius 2 is 2.41 bits per heavy atom. The van der Waals surface area contributed by atoms with Crippen LogP contribution in [0.3, 0.4) is 0 Å². The largest absolute Gasteiger partial charge is 0.396 e. The number of ether oxygens (including phenoxy) is 1. The third kappa shape index (κ3) is 3.83. The molecule has 1 rings (SSSR count). The van der Waals surface area contributed by atoms with Crippen LogP contribution in [0.5, 0.6) is 0 Å². The zero-order valence-corrected chi connectivity index (χ0v) is 10.4. The first-order chi connectivity index (χ1) is 8.08. The van der Waals surface area contributed by atoms with E-state index in [2.05, 4.69) is 10.4 Å². The molecule has 1 unspecified atom stereocenters. The maximum Gasteiger partial charge on any atom is 0.269 e. The van der Waals surface area contributed by atoms with Crippen LogP contribution in [0.1, 0.15) is 22.6 Å². The number of aryl methyl sites for hydroxylation is 2. The molecule has 6 nitrogen and oxygen atoms in total. The standard InChI is InChI=1S/C11H19N3O3/c1-8-6-10(14(2)13-8)11(16)12-9(4-5-15)7-17-3/h6,9,15H,4-5,7H2,1-3H3,(H,12,16). The predicted octanol–water partition coefficient (Wildman–Crippen LogP) is -0.144. The molecule has 0 fully saturated rings. The van der Waals surface area contributed by atoms with E-state index in [1.807, 2.05) is 6.92 Å². The zero-order chi connectivity index (χ0) is 12.8. The molecule has 0 saturated carbocycles. The van der Waals surface area contributed by atoms with Crippen molar-refractivity contribution in [2.24, 2.45) is 7.05 Å². The number of aromatic nitrogens is 2. The van der Waals surface area contributed by atoms with E-state index in [9.17, 15) is 4.79 Å². The van der Waals surface area contributed by atoms with Crippen molar-refractivity contribution in [2.45, 2.75) is 19.4 Å². The van der Waals surface area contributed by atoms with Crippen molar-refractivity contribution in [3.63, 3.8) is 0 Å². The molecule has 0 bridgehead atoms. The molecule has 1 heterocycles. The summed E-state index contributed by atoms with van der Waals surface area (Å²) in [6, 6.07) is 1.53. The van der Waals surface area contributed by atoms with Crippen LogP contribution in [0.2, 0.25) is 0 Å². The molecule has 6 heteroatoms. The molecule has 0 aliphatic heterocycles. The summed E-state index contributed by atoms with van der Waals surface area (Å²) < 4.78 is 6.52. The molecule has 1 atom stereocenters. The van der Waals surface area contributed by atoms with E-state index in [0.29, 0.717) is 18.7 Å². The molecular formula is C11H19N3O3. The van der Waals surface area contributed by atoms with Gasteiger partial charge in [0.25, 0.3) is 5.91 Å². The molecule has 0 aliphatic rings. The zero-order valence-electron chi connectivity index (χ0n) is 10.4. The Bertz CT molecular complexity index is 370. The van der Waals surface area contributed by atoms with Gasteiger partial charge in [0.05, 0.1) is 18.3 Å². The first-order valence-corrected chi connectivity index (χ1v) is 5.49. The Kier molecular flexibility index (Phi) is 5.11. The van der Waals surface area contributed by atoms with Gasteiger partial charge in [-0.3, -0.25) is 9.48 Å². The van der Waals surface area contributed by atoms with Crippen LogP contribution < -0.4 is 5.32 Å². The van der Waals surface area contributed by atoms with Gasteiger partial charge in [0.15, 0.2) is 0 Å². The van der Waals surface area contributed by atoms with Crippen LogP contribution in [0.15, 0.2) is 6.07 Å². The quantitative estimate of drug-likeness (QED) is 0.726. The summed E-state index contributed by atoms with van der Waals surface area (Å²) in [4.78, 5) is 11.9. The molecular weight excluding hydrogens is 222 g/mol. The van der Waals surface area contributed by atoms with Gasteiger partial charge < -0.3 is 15.2 Å². The minimum atomic E-state index is -0.205.